The van der Waals surface area contributed by atoms with Crippen molar-refractivity contribution in [1.82, 2.24) is 0 Å². The number of benzene rings is 1. The first-order valence-electron chi connectivity index (χ1n) is 5.66. The quantitative estimate of drug-likeness (QED) is 0.386. The Kier molecular flexibility index (Phi) is 7.21. The lowest BCUT2D eigenvalue weighted by Crippen LogP contribution is -1.89. The maximum Gasteiger partial charge on any atom is 0.120 e. The lowest BCUT2D eigenvalue weighted by atomic mass is 10.1. The summed E-state index contributed by atoms with van der Waals surface area (Å²) in [6, 6.07) is 5.94. The molecule has 0 aliphatic heterocycles. The standard InChI is InChI=1S/C13H18ClIO/c1-16-12-8-7-11(13(14)10-12)6-4-2-3-5-9-15/h7-8,10H,2-6,9H2,1H3. The van der Waals surface area contributed by atoms with Crippen LogP contribution in [0.3, 0.4) is 0 Å². The van der Waals surface area contributed by atoms with Crippen LogP contribution < -0.4 is 4.74 Å². The van der Waals surface area contributed by atoms with Crippen LogP contribution in [-0.4, -0.2) is 11.5 Å². The molecule has 0 bridgehead atoms. The second-order valence-corrected chi connectivity index (χ2v) is 5.30. The molecule has 0 saturated carbocycles. The van der Waals surface area contributed by atoms with Crippen molar-refractivity contribution in [1.29, 1.82) is 0 Å². The zero-order valence-corrected chi connectivity index (χ0v) is 12.6. The van der Waals surface area contributed by atoms with Gasteiger partial charge in [0.15, 0.2) is 0 Å². The molecule has 16 heavy (non-hydrogen) atoms. The van der Waals surface area contributed by atoms with E-state index in [-0.39, 0.29) is 0 Å². The SMILES string of the molecule is COc1ccc(CCCCCCI)c(Cl)c1. The number of hydrogen-bond donors (Lipinski definition) is 0. The fourth-order valence-electron chi connectivity index (χ4n) is 1.62. The number of hydrogen-bond acceptors (Lipinski definition) is 1. The average molecular weight is 353 g/mol. The van der Waals surface area contributed by atoms with Gasteiger partial charge < -0.3 is 4.74 Å². The van der Waals surface area contributed by atoms with Crippen LogP contribution in [0.5, 0.6) is 5.75 Å². The molecule has 1 aromatic rings. The van der Waals surface area contributed by atoms with E-state index >= 15 is 0 Å². The summed E-state index contributed by atoms with van der Waals surface area (Å²) in [5.74, 6) is 0.832. The summed E-state index contributed by atoms with van der Waals surface area (Å²) < 4.78 is 6.39. The molecule has 0 aromatic heterocycles. The number of unbranched alkanes of at least 4 members (excludes halogenated alkanes) is 3. The molecule has 0 aliphatic carbocycles. The van der Waals surface area contributed by atoms with E-state index in [1.54, 1.807) is 7.11 Å². The minimum Gasteiger partial charge on any atom is -0.497 e. The number of alkyl halides is 1. The molecule has 3 heteroatoms. The van der Waals surface area contributed by atoms with Gasteiger partial charge in [0.2, 0.25) is 0 Å². The third-order valence-corrected chi connectivity index (χ3v) is 3.70. The van der Waals surface area contributed by atoms with Crippen LogP contribution >= 0.6 is 34.2 Å². The van der Waals surface area contributed by atoms with Crippen LogP contribution in [0, 0.1) is 0 Å². The molecule has 1 rings (SSSR count). The van der Waals surface area contributed by atoms with Crippen LogP contribution in [0.1, 0.15) is 31.2 Å². The molecule has 0 amide bonds. The van der Waals surface area contributed by atoms with E-state index in [0.717, 1.165) is 17.2 Å². The molecule has 0 aliphatic rings. The van der Waals surface area contributed by atoms with Gasteiger partial charge in [0.05, 0.1) is 7.11 Å². The van der Waals surface area contributed by atoms with E-state index in [1.165, 1.54) is 35.7 Å². The zero-order chi connectivity index (χ0) is 11.8. The molecule has 0 heterocycles. The summed E-state index contributed by atoms with van der Waals surface area (Å²) in [6.07, 6.45) is 6.26. The number of methoxy groups -OCH3 is 1. The summed E-state index contributed by atoms with van der Waals surface area (Å²) >= 11 is 8.60. The minimum atomic E-state index is 0.827. The lowest BCUT2D eigenvalue weighted by molar-refractivity contribution is 0.414. The molecule has 1 nitrogen and oxygen atoms in total. The zero-order valence-electron chi connectivity index (χ0n) is 9.64. The third kappa shape index (κ3) is 4.91. The molecule has 0 atom stereocenters. The highest BCUT2D eigenvalue weighted by atomic mass is 127. The predicted octanol–water partition coefficient (Wildman–Crippen LogP) is 4.89. The maximum atomic E-state index is 6.17. The van der Waals surface area contributed by atoms with E-state index < -0.39 is 0 Å². The van der Waals surface area contributed by atoms with E-state index in [1.807, 2.05) is 12.1 Å². The Bertz CT molecular complexity index is 315. The molecular weight excluding hydrogens is 334 g/mol. The Hall–Kier alpha value is 0.0400. The van der Waals surface area contributed by atoms with Gasteiger partial charge in [0.25, 0.3) is 0 Å². The Morgan fingerprint density at radius 1 is 1.19 bits per heavy atom. The smallest absolute Gasteiger partial charge is 0.120 e. The van der Waals surface area contributed by atoms with Gasteiger partial charge in [0, 0.05) is 5.02 Å². The van der Waals surface area contributed by atoms with Crippen LogP contribution in [-0.2, 0) is 6.42 Å². The molecule has 0 spiro atoms. The topological polar surface area (TPSA) is 9.23 Å². The van der Waals surface area contributed by atoms with Crippen molar-refractivity contribution in [2.75, 3.05) is 11.5 Å². The molecule has 0 unspecified atom stereocenters. The van der Waals surface area contributed by atoms with Gasteiger partial charge in [-0.3, -0.25) is 0 Å². The van der Waals surface area contributed by atoms with Crippen LogP contribution in [0.25, 0.3) is 0 Å². The van der Waals surface area contributed by atoms with Gasteiger partial charge in [-0.05, 0) is 41.4 Å². The van der Waals surface area contributed by atoms with Crippen molar-refractivity contribution < 1.29 is 4.74 Å². The maximum absolute atomic E-state index is 6.17. The molecule has 0 radical (unpaired) electrons. The second-order valence-electron chi connectivity index (χ2n) is 3.81. The number of ether oxygens (including phenoxy) is 1. The first kappa shape index (κ1) is 14.1. The second kappa shape index (κ2) is 8.18. The van der Waals surface area contributed by atoms with Crippen molar-refractivity contribution in [3.8, 4) is 5.75 Å². The van der Waals surface area contributed by atoms with Gasteiger partial charge in [-0.25, -0.2) is 0 Å². The average Bonchev–Trinajstić information content (AvgIpc) is 2.30. The van der Waals surface area contributed by atoms with Crippen molar-refractivity contribution in [2.24, 2.45) is 0 Å². The highest BCUT2D eigenvalue weighted by Crippen LogP contribution is 2.23. The Balaban J connectivity index is 2.36. The predicted molar refractivity (Wildman–Crippen MR) is 79.1 cm³/mol. The summed E-state index contributed by atoms with van der Waals surface area (Å²) in [6.45, 7) is 0. The Labute approximate surface area is 117 Å². The number of aryl methyl sites for hydroxylation is 1. The van der Waals surface area contributed by atoms with E-state index in [9.17, 15) is 0 Å². The van der Waals surface area contributed by atoms with Crippen molar-refractivity contribution in [2.45, 2.75) is 32.1 Å². The first-order valence-corrected chi connectivity index (χ1v) is 7.56. The monoisotopic (exact) mass is 352 g/mol. The van der Waals surface area contributed by atoms with E-state index in [0.29, 0.717) is 0 Å². The van der Waals surface area contributed by atoms with Gasteiger partial charge >= 0.3 is 0 Å². The van der Waals surface area contributed by atoms with Crippen molar-refractivity contribution in [3.63, 3.8) is 0 Å². The van der Waals surface area contributed by atoms with Gasteiger partial charge in [-0.15, -0.1) is 0 Å². The normalized spacial score (nSPS) is 10.4. The number of halogens is 2. The number of rotatable bonds is 7. The highest BCUT2D eigenvalue weighted by molar-refractivity contribution is 14.1. The minimum absolute atomic E-state index is 0.827. The summed E-state index contributed by atoms with van der Waals surface area (Å²) in [5.41, 5.74) is 1.23. The Morgan fingerprint density at radius 3 is 2.56 bits per heavy atom. The summed E-state index contributed by atoms with van der Waals surface area (Å²) in [4.78, 5) is 0. The summed E-state index contributed by atoms with van der Waals surface area (Å²) in [5, 5.41) is 0.827. The lowest BCUT2D eigenvalue weighted by Gasteiger charge is -2.06. The fraction of sp³-hybridized carbons (Fsp3) is 0.538. The van der Waals surface area contributed by atoms with Gasteiger partial charge in [-0.2, -0.15) is 0 Å². The van der Waals surface area contributed by atoms with Gasteiger partial charge in [0.1, 0.15) is 5.75 Å². The molecule has 0 saturated heterocycles. The van der Waals surface area contributed by atoms with Crippen LogP contribution in [0.15, 0.2) is 18.2 Å². The van der Waals surface area contributed by atoms with E-state index in [2.05, 4.69) is 28.7 Å². The van der Waals surface area contributed by atoms with Gasteiger partial charge in [-0.1, -0.05) is 53.1 Å². The summed E-state index contributed by atoms with van der Waals surface area (Å²) in [7, 11) is 1.66. The van der Waals surface area contributed by atoms with E-state index in [4.69, 9.17) is 16.3 Å². The largest absolute Gasteiger partial charge is 0.497 e. The molecular formula is C13H18ClIO. The van der Waals surface area contributed by atoms with Crippen LogP contribution in [0.4, 0.5) is 0 Å². The molecule has 90 valence electrons. The third-order valence-electron chi connectivity index (χ3n) is 2.59. The molecule has 0 fully saturated rings. The van der Waals surface area contributed by atoms with Crippen molar-refractivity contribution >= 4 is 34.2 Å². The Morgan fingerprint density at radius 2 is 1.94 bits per heavy atom. The fourth-order valence-corrected chi connectivity index (χ4v) is 2.43. The van der Waals surface area contributed by atoms with Crippen LogP contribution in [0.2, 0.25) is 5.02 Å². The molecule has 0 N–H and O–H groups in total. The molecule has 1 aromatic carbocycles. The van der Waals surface area contributed by atoms with Crippen molar-refractivity contribution in [3.05, 3.63) is 28.8 Å². The highest BCUT2D eigenvalue weighted by Gasteiger charge is 2.01. The first-order chi connectivity index (χ1) is 7.77.